The Balaban J connectivity index is 1.74. The molecule has 0 bridgehead atoms. The van der Waals surface area contributed by atoms with Crippen molar-refractivity contribution < 1.29 is 0 Å². The molecule has 2 heteroatoms. The van der Waals surface area contributed by atoms with E-state index in [0.717, 1.165) is 19.6 Å². The topological polar surface area (TPSA) is 15.3 Å². The zero-order chi connectivity index (χ0) is 11.5. The van der Waals surface area contributed by atoms with Crippen molar-refractivity contribution in [3.8, 4) is 0 Å². The van der Waals surface area contributed by atoms with Gasteiger partial charge in [-0.2, -0.15) is 0 Å². The summed E-state index contributed by atoms with van der Waals surface area (Å²) in [5, 5.41) is 3.39. The number of rotatable bonds is 2. The summed E-state index contributed by atoms with van der Waals surface area (Å²) in [4.78, 5) is 2.52. The quantitative estimate of drug-likeness (QED) is 0.782. The number of anilines is 1. The summed E-state index contributed by atoms with van der Waals surface area (Å²) in [6, 6.07) is 8.84. The first-order valence-corrected chi connectivity index (χ1v) is 6.65. The lowest BCUT2D eigenvalue weighted by Crippen LogP contribution is -2.29. The summed E-state index contributed by atoms with van der Waals surface area (Å²) < 4.78 is 0. The summed E-state index contributed by atoms with van der Waals surface area (Å²) in [5.41, 5.74) is 4.54. The van der Waals surface area contributed by atoms with Crippen LogP contribution in [-0.4, -0.2) is 26.2 Å². The number of hydrogen-bond acceptors (Lipinski definition) is 2. The number of aryl methyl sites for hydroxylation is 1. The van der Waals surface area contributed by atoms with Crippen molar-refractivity contribution in [3.63, 3.8) is 0 Å². The molecule has 3 rings (SSSR count). The Hall–Kier alpha value is -1.28. The Kier molecular flexibility index (Phi) is 3.14. The molecule has 1 saturated heterocycles. The first-order chi connectivity index (χ1) is 8.43. The van der Waals surface area contributed by atoms with Gasteiger partial charge in [-0.3, -0.25) is 0 Å². The minimum Gasteiger partial charge on any atom is -0.368 e. The highest BCUT2D eigenvalue weighted by molar-refractivity contribution is 5.55. The third-order valence-corrected chi connectivity index (χ3v) is 3.78. The monoisotopic (exact) mass is 228 g/mol. The van der Waals surface area contributed by atoms with E-state index in [4.69, 9.17) is 0 Å². The van der Waals surface area contributed by atoms with E-state index in [9.17, 15) is 0 Å². The molecule has 1 N–H and O–H groups in total. The van der Waals surface area contributed by atoms with Gasteiger partial charge in [-0.1, -0.05) is 29.8 Å². The summed E-state index contributed by atoms with van der Waals surface area (Å²) in [6.07, 6.45) is 6.18. The zero-order valence-electron chi connectivity index (χ0n) is 10.3. The molecule has 0 amide bonds. The van der Waals surface area contributed by atoms with Crippen LogP contribution in [0, 0.1) is 0 Å². The molecular formula is C15H20N2. The molecule has 2 heterocycles. The number of fused-ring (bicyclic) bond motifs is 1. The van der Waals surface area contributed by atoms with Crippen molar-refractivity contribution in [3.05, 3.63) is 41.5 Å². The van der Waals surface area contributed by atoms with E-state index < -0.39 is 0 Å². The molecule has 0 unspecified atom stereocenters. The summed E-state index contributed by atoms with van der Waals surface area (Å²) in [5.74, 6) is 0. The average Bonchev–Trinajstić information content (AvgIpc) is 2.89. The molecule has 0 radical (unpaired) electrons. The van der Waals surface area contributed by atoms with Crippen LogP contribution in [0.3, 0.4) is 0 Å². The third-order valence-electron chi connectivity index (χ3n) is 3.78. The van der Waals surface area contributed by atoms with Gasteiger partial charge < -0.3 is 10.2 Å². The minimum absolute atomic E-state index is 1.08. The van der Waals surface area contributed by atoms with Crippen LogP contribution in [-0.2, 0) is 6.42 Å². The lowest BCUT2D eigenvalue weighted by atomic mass is 10.0. The normalized spacial score (nSPS) is 21.9. The van der Waals surface area contributed by atoms with Crippen molar-refractivity contribution in [1.29, 1.82) is 0 Å². The van der Waals surface area contributed by atoms with E-state index in [1.54, 1.807) is 5.57 Å². The highest BCUT2D eigenvalue weighted by Gasteiger charge is 2.15. The molecule has 2 aliphatic rings. The van der Waals surface area contributed by atoms with Gasteiger partial charge in [-0.15, -0.1) is 0 Å². The van der Waals surface area contributed by atoms with Crippen LogP contribution in [0.5, 0.6) is 0 Å². The largest absolute Gasteiger partial charge is 0.368 e. The molecule has 0 spiro atoms. The third kappa shape index (κ3) is 2.37. The van der Waals surface area contributed by atoms with E-state index in [2.05, 4.69) is 40.6 Å². The second-order valence-electron chi connectivity index (χ2n) is 4.97. The van der Waals surface area contributed by atoms with Gasteiger partial charge in [0.25, 0.3) is 0 Å². The second-order valence-corrected chi connectivity index (χ2v) is 4.97. The molecule has 0 aliphatic carbocycles. The van der Waals surface area contributed by atoms with Crippen LogP contribution < -0.4 is 10.2 Å². The summed E-state index contributed by atoms with van der Waals surface area (Å²) in [7, 11) is 0. The van der Waals surface area contributed by atoms with Crippen molar-refractivity contribution in [1.82, 2.24) is 5.32 Å². The van der Waals surface area contributed by atoms with E-state index >= 15 is 0 Å². The molecule has 90 valence electrons. The Morgan fingerprint density at radius 1 is 1.24 bits per heavy atom. The van der Waals surface area contributed by atoms with E-state index in [1.807, 2.05) is 0 Å². The van der Waals surface area contributed by atoms with Gasteiger partial charge in [0.05, 0.1) is 0 Å². The van der Waals surface area contributed by atoms with Gasteiger partial charge >= 0.3 is 0 Å². The second kappa shape index (κ2) is 4.92. The number of hydrogen-bond donors (Lipinski definition) is 1. The number of nitrogens with one attached hydrogen (secondary N) is 1. The summed E-state index contributed by atoms with van der Waals surface area (Å²) in [6.45, 7) is 4.53. The fourth-order valence-electron chi connectivity index (χ4n) is 2.80. The molecule has 17 heavy (non-hydrogen) atoms. The Morgan fingerprint density at radius 3 is 3.06 bits per heavy atom. The predicted molar refractivity (Wildman–Crippen MR) is 72.5 cm³/mol. The maximum absolute atomic E-state index is 3.39. The van der Waals surface area contributed by atoms with E-state index in [0.29, 0.717) is 0 Å². The zero-order valence-corrected chi connectivity index (χ0v) is 10.3. The molecular weight excluding hydrogens is 208 g/mol. The van der Waals surface area contributed by atoms with E-state index in [-0.39, 0.29) is 0 Å². The SMILES string of the molecule is C(/CN1CCCc2ccccc21)=C1/CCNC1. The number of para-hydroxylation sites is 1. The molecule has 0 saturated carbocycles. The van der Waals surface area contributed by atoms with Gasteiger partial charge in [-0.05, 0) is 37.4 Å². The van der Waals surface area contributed by atoms with Gasteiger partial charge in [0.15, 0.2) is 0 Å². The Labute approximate surface area is 103 Å². The lowest BCUT2D eigenvalue weighted by Gasteiger charge is -2.30. The maximum atomic E-state index is 3.39. The molecule has 2 nitrogen and oxygen atoms in total. The van der Waals surface area contributed by atoms with Crippen LogP contribution >= 0.6 is 0 Å². The fraction of sp³-hybridized carbons (Fsp3) is 0.467. The molecule has 1 fully saturated rings. The van der Waals surface area contributed by atoms with Crippen molar-refractivity contribution in [2.45, 2.75) is 19.3 Å². The minimum atomic E-state index is 1.08. The van der Waals surface area contributed by atoms with Crippen LogP contribution in [0.1, 0.15) is 18.4 Å². The first-order valence-electron chi connectivity index (χ1n) is 6.65. The first kappa shape index (κ1) is 10.8. The van der Waals surface area contributed by atoms with Crippen LogP contribution in [0.15, 0.2) is 35.9 Å². The Morgan fingerprint density at radius 2 is 2.18 bits per heavy atom. The van der Waals surface area contributed by atoms with Crippen molar-refractivity contribution in [2.24, 2.45) is 0 Å². The lowest BCUT2D eigenvalue weighted by molar-refractivity contribution is 0.721. The van der Waals surface area contributed by atoms with Gasteiger partial charge in [0.1, 0.15) is 0 Å². The maximum Gasteiger partial charge on any atom is 0.0401 e. The molecule has 0 atom stereocenters. The highest BCUT2D eigenvalue weighted by atomic mass is 15.1. The standard InChI is InChI=1S/C15H20N2/c1-2-6-15-14(4-1)5-3-10-17(15)11-8-13-7-9-16-12-13/h1-2,4,6,8,16H,3,5,7,9-12H2/b13-8+. The van der Waals surface area contributed by atoms with Crippen LogP contribution in [0.2, 0.25) is 0 Å². The van der Waals surface area contributed by atoms with Crippen LogP contribution in [0.25, 0.3) is 0 Å². The Bertz CT molecular complexity index is 415. The van der Waals surface area contributed by atoms with Crippen molar-refractivity contribution in [2.75, 3.05) is 31.1 Å². The predicted octanol–water partition coefficient (Wildman–Crippen LogP) is 2.36. The number of nitrogens with zero attached hydrogens (tertiary/aromatic N) is 1. The van der Waals surface area contributed by atoms with Gasteiger partial charge in [-0.25, -0.2) is 0 Å². The molecule has 1 aromatic carbocycles. The van der Waals surface area contributed by atoms with Gasteiger partial charge in [0.2, 0.25) is 0 Å². The molecule has 1 aromatic rings. The number of benzene rings is 1. The van der Waals surface area contributed by atoms with Gasteiger partial charge in [0, 0.05) is 25.3 Å². The highest BCUT2D eigenvalue weighted by Crippen LogP contribution is 2.26. The van der Waals surface area contributed by atoms with Crippen LogP contribution in [0.4, 0.5) is 5.69 Å². The average molecular weight is 228 g/mol. The van der Waals surface area contributed by atoms with Crippen molar-refractivity contribution >= 4 is 5.69 Å². The fourth-order valence-corrected chi connectivity index (χ4v) is 2.80. The smallest absolute Gasteiger partial charge is 0.0401 e. The molecule has 0 aromatic heterocycles. The van der Waals surface area contributed by atoms with E-state index in [1.165, 1.54) is 37.1 Å². The summed E-state index contributed by atoms with van der Waals surface area (Å²) >= 11 is 0. The molecule has 2 aliphatic heterocycles.